The lowest BCUT2D eigenvalue weighted by Gasteiger charge is -2.55. The number of carbonyl (C=O) groups is 1. The normalized spacial score (nSPS) is 47.0. The molecule has 0 bridgehead atoms. The summed E-state index contributed by atoms with van der Waals surface area (Å²) in [6, 6.07) is 0. The molecule has 2 aliphatic heterocycles. The Morgan fingerprint density at radius 2 is 2.05 bits per heavy atom. The molecular formula is C16H26O5. The molecule has 6 unspecified atom stereocenters. The van der Waals surface area contributed by atoms with Gasteiger partial charge in [0.1, 0.15) is 0 Å². The van der Waals surface area contributed by atoms with Gasteiger partial charge >= 0.3 is 5.97 Å². The van der Waals surface area contributed by atoms with Gasteiger partial charge < -0.3 is 9.47 Å². The van der Waals surface area contributed by atoms with Gasteiger partial charge in [-0.2, -0.15) is 0 Å². The molecule has 1 saturated carbocycles. The Kier molecular flexibility index (Phi) is 4.26. The van der Waals surface area contributed by atoms with Crippen molar-refractivity contribution < 1.29 is 24.0 Å². The highest BCUT2D eigenvalue weighted by molar-refractivity contribution is 5.74. The predicted molar refractivity (Wildman–Crippen MR) is 75.1 cm³/mol. The van der Waals surface area contributed by atoms with E-state index in [1.165, 1.54) is 0 Å². The lowest BCUT2D eigenvalue weighted by molar-refractivity contribution is -0.437. The van der Waals surface area contributed by atoms with Crippen molar-refractivity contribution in [3.8, 4) is 0 Å². The minimum absolute atomic E-state index is 0.106. The van der Waals surface area contributed by atoms with Crippen LogP contribution in [-0.4, -0.2) is 31.1 Å². The van der Waals surface area contributed by atoms with Crippen LogP contribution >= 0.6 is 0 Å². The number of carbonyl (C=O) groups excluding carboxylic acids is 1. The van der Waals surface area contributed by atoms with Crippen molar-refractivity contribution in [3.63, 3.8) is 0 Å². The van der Waals surface area contributed by atoms with E-state index in [-0.39, 0.29) is 17.8 Å². The Morgan fingerprint density at radius 3 is 2.81 bits per heavy atom. The van der Waals surface area contributed by atoms with E-state index in [1.54, 1.807) is 0 Å². The van der Waals surface area contributed by atoms with Crippen LogP contribution in [0, 0.1) is 23.7 Å². The molecule has 3 aliphatic rings. The van der Waals surface area contributed by atoms with Crippen LogP contribution in [0.2, 0.25) is 0 Å². The van der Waals surface area contributed by atoms with Gasteiger partial charge in [0, 0.05) is 18.4 Å². The standard InChI is InChI=1S/C16H26O5/c1-4-18-15-16-12(6-5-9-19-21-16)10(2)7-8-13(16)11(3)14(17)20-15/h10-13,15H,4-9H2,1-3H3. The van der Waals surface area contributed by atoms with Gasteiger partial charge in [-0.15, -0.1) is 0 Å². The number of rotatable bonds is 2. The largest absolute Gasteiger partial charge is 0.432 e. The van der Waals surface area contributed by atoms with Crippen LogP contribution in [0.4, 0.5) is 0 Å². The number of cyclic esters (lactones) is 1. The van der Waals surface area contributed by atoms with E-state index in [0.717, 1.165) is 25.7 Å². The second-order valence-electron chi connectivity index (χ2n) is 6.68. The molecule has 120 valence electrons. The number of hydrogen-bond donors (Lipinski definition) is 0. The molecule has 2 saturated heterocycles. The molecule has 3 fully saturated rings. The Hall–Kier alpha value is -0.650. The van der Waals surface area contributed by atoms with E-state index in [9.17, 15) is 4.79 Å². The van der Waals surface area contributed by atoms with Crippen molar-refractivity contribution in [2.45, 2.75) is 58.3 Å². The first kappa shape index (κ1) is 15.3. The lowest BCUT2D eigenvalue weighted by Crippen LogP contribution is -2.66. The van der Waals surface area contributed by atoms with Gasteiger partial charge in [0.25, 0.3) is 0 Å². The van der Waals surface area contributed by atoms with Crippen molar-refractivity contribution in [2.24, 2.45) is 23.7 Å². The molecule has 1 aliphatic carbocycles. The Balaban J connectivity index is 2.03. The molecule has 0 N–H and O–H groups in total. The van der Waals surface area contributed by atoms with Crippen LogP contribution in [0.25, 0.3) is 0 Å². The van der Waals surface area contributed by atoms with Crippen LogP contribution in [0.1, 0.15) is 46.5 Å². The van der Waals surface area contributed by atoms with Crippen molar-refractivity contribution in [1.29, 1.82) is 0 Å². The fraction of sp³-hybridized carbons (Fsp3) is 0.938. The topological polar surface area (TPSA) is 54.0 Å². The minimum atomic E-state index is -0.651. The Morgan fingerprint density at radius 1 is 1.24 bits per heavy atom. The lowest BCUT2D eigenvalue weighted by atomic mass is 9.58. The Labute approximate surface area is 126 Å². The summed E-state index contributed by atoms with van der Waals surface area (Å²) in [4.78, 5) is 23.6. The molecule has 0 aromatic carbocycles. The molecular weight excluding hydrogens is 272 g/mol. The summed E-state index contributed by atoms with van der Waals surface area (Å²) < 4.78 is 11.4. The first-order valence-corrected chi connectivity index (χ1v) is 8.24. The molecule has 0 aromatic heterocycles. The van der Waals surface area contributed by atoms with Crippen molar-refractivity contribution in [2.75, 3.05) is 13.2 Å². The van der Waals surface area contributed by atoms with Crippen LogP contribution in [0.15, 0.2) is 0 Å². The van der Waals surface area contributed by atoms with Crippen molar-refractivity contribution in [1.82, 2.24) is 0 Å². The van der Waals surface area contributed by atoms with E-state index in [0.29, 0.717) is 25.0 Å². The summed E-state index contributed by atoms with van der Waals surface area (Å²) in [5, 5.41) is 0. The highest BCUT2D eigenvalue weighted by atomic mass is 17.2. The zero-order chi connectivity index (χ0) is 15.0. The maximum atomic E-state index is 12.2. The summed E-state index contributed by atoms with van der Waals surface area (Å²) in [7, 11) is 0. The summed E-state index contributed by atoms with van der Waals surface area (Å²) in [6.45, 7) is 7.21. The average molecular weight is 298 g/mol. The van der Waals surface area contributed by atoms with Crippen LogP contribution in [0.3, 0.4) is 0 Å². The fourth-order valence-electron chi connectivity index (χ4n) is 4.54. The summed E-state index contributed by atoms with van der Waals surface area (Å²) >= 11 is 0. The van der Waals surface area contributed by atoms with E-state index in [1.807, 2.05) is 13.8 Å². The van der Waals surface area contributed by atoms with Gasteiger partial charge in [0.05, 0.1) is 12.5 Å². The van der Waals surface area contributed by atoms with Crippen LogP contribution in [-0.2, 0) is 24.0 Å². The third-order valence-electron chi connectivity index (χ3n) is 5.61. The molecule has 3 rings (SSSR count). The van der Waals surface area contributed by atoms with Crippen molar-refractivity contribution in [3.05, 3.63) is 0 Å². The summed E-state index contributed by atoms with van der Waals surface area (Å²) in [6.07, 6.45) is 3.44. The second kappa shape index (κ2) is 5.86. The van der Waals surface area contributed by atoms with Crippen LogP contribution in [0.5, 0.6) is 0 Å². The van der Waals surface area contributed by atoms with E-state index >= 15 is 0 Å². The zero-order valence-corrected chi connectivity index (χ0v) is 13.2. The van der Waals surface area contributed by atoms with Crippen molar-refractivity contribution >= 4 is 5.97 Å². The van der Waals surface area contributed by atoms with Gasteiger partial charge in [-0.25, -0.2) is 9.78 Å². The molecule has 5 nitrogen and oxygen atoms in total. The van der Waals surface area contributed by atoms with Gasteiger partial charge in [-0.1, -0.05) is 13.8 Å². The molecule has 0 amide bonds. The first-order valence-electron chi connectivity index (χ1n) is 8.24. The summed E-state index contributed by atoms with van der Waals surface area (Å²) in [5.41, 5.74) is -0.641. The van der Waals surface area contributed by atoms with E-state index in [2.05, 4.69) is 6.92 Å². The molecule has 1 spiro atoms. The third kappa shape index (κ3) is 2.30. The number of hydrogen-bond acceptors (Lipinski definition) is 5. The maximum absolute atomic E-state index is 12.2. The highest BCUT2D eigenvalue weighted by Crippen LogP contribution is 2.55. The second-order valence-corrected chi connectivity index (χ2v) is 6.68. The van der Waals surface area contributed by atoms with Gasteiger partial charge in [-0.3, -0.25) is 4.79 Å². The smallest absolute Gasteiger partial charge is 0.311 e. The highest BCUT2D eigenvalue weighted by Gasteiger charge is 2.65. The van der Waals surface area contributed by atoms with Gasteiger partial charge in [0.2, 0.25) is 6.29 Å². The zero-order valence-electron chi connectivity index (χ0n) is 13.2. The molecule has 0 radical (unpaired) electrons. The molecule has 0 aromatic rings. The first-order chi connectivity index (χ1) is 10.1. The average Bonchev–Trinajstić information content (AvgIpc) is 2.69. The quantitative estimate of drug-likeness (QED) is 0.579. The van der Waals surface area contributed by atoms with Gasteiger partial charge in [0.15, 0.2) is 5.60 Å². The number of esters is 1. The minimum Gasteiger partial charge on any atom is -0.432 e. The molecule has 6 atom stereocenters. The maximum Gasteiger partial charge on any atom is 0.311 e. The number of ether oxygens (including phenoxy) is 2. The van der Waals surface area contributed by atoms with E-state index < -0.39 is 11.9 Å². The predicted octanol–water partition coefficient (Wildman–Crippen LogP) is 2.69. The van der Waals surface area contributed by atoms with E-state index in [4.69, 9.17) is 19.2 Å². The molecule has 5 heteroatoms. The third-order valence-corrected chi connectivity index (χ3v) is 5.61. The van der Waals surface area contributed by atoms with Crippen LogP contribution < -0.4 is 0 Å². The van der Waals surface area contributed by atoms with Gasteiger partial charge in [-0.05, 0) is 38.5 Å². The summed E-state index contributed by atoms with van der Waals surface area (Å²) in [5.74, 6) is 0.596. The Bertz CT molecular complexity index is 398. The fourth-order valence-corrected chi connectivity index (χ4v) is 4.54. The molecule has 2 heterocycles. The SMILES string of the molecule is CCOC1OC(=O)C(C)C2CCC(C)C3CCCOOC132. The monoisotopic (exact) mass is 298 g/mol. The molecule has 21 heavy (non-hydrogen) atoms.